The molecule has 0 aromatic rings. The molecule has 0 bridgehead atoms. The van der Waals surface area contributed by atoms with Crippen molar-refractivity contribution in [2.45, 2.75) is 65.8 Å². The number of hydrogen-bond donors (Lipinski definition) is 1. The van der Waals surface area contributed by atoms with Gasteiger partial charge in [0.2, 0.25) is 0 Å². The lowest BCUT2D eigenvalue weighted by Crippen LogP contribution is -2.46. The highest BCUT2D eigenvalue weighted by atomic mass is 14.9. The van der Waals surface area contributed by atoms with Gasteiger partial charge in [-0.3, -0.25) is 0 Å². The molecule has 1 rings (SSSR count). The van der Waals surface area contributed by atoms with Gasteiger partial charge in [-0.1, -0.05) is 47.0 Å². The zero-order chi connectivity index (χ0) is 10.6. The van der Waals surface area contributed by atoms with Crippen LogP contribution < -0.4 is 5.32 Å². The quantitative estimate of drug-likeness (QED) is 0.686. The fourth-order valence-electron chi connectivity index (χ4n) is 2.92. The van der Waals surface area contributed by atoms with Crippen LogP contribution in [0.4, 0.5) is 0 Å². The van der Waals surface area contributed by atoms with Crippen LogP contribution in [-0.2, 0) is 0 Å². The Morgan fingerprint density at radius 1 is 1.14 bits per heavy atom. The number of nitrogens with one attached hydrogen (secondary N) is 1. The summed E-state index contributed by atoms with van der Waals surface area (Å²) >= 11 is 0. The Hall–Kier alpha value is -0.0400. The molecule has 0 saturated heterocycles. The first kappa shape index (κ1) is 12.0. The Bertz CT molecular complexity index is 155. The van der Waals surface area contributed by atoms with Gasteiger partial charge >= 0.3 is 0 Å². The third kappa shape index (κ3) is 2.50. The van der Waals surface area contributed by atoms with E-state index in [1.165, 1.54) is 38.6 Å². The second kappa shape index (κ2) is 5.16. The van der Waals surface area contributed by atoms with Gasteiger partial charge in [0, 0.05) is 12.6 Å². The van der Waals surface area contributed by atoms with Crippen LogP contribution in [0.3, 0.4) is 0 Å². The molecule has 1 nitrogen and oxygen atoms in total. The van der Waals surface area contributed by atoms with Gasteiger partial charge in [-0.25, -0.2) is 0 Å². The third-order valence-electron chi connectivity index (χ3n) is 4.06. The van der Waals surface area contributed by atoms with E-state index in [4.69, 9.17) is 0 Å². The minimum atomic E-state index is 0.641. The molecule has 0 aromatic carbocycles. The Morgan fingerprint density at radius 3 is 2.00 bits per heavy atom. The molecule has 0 aromatic heterocycles. The smallest absolute Gasteiger partial charge is 0.00128 e. The lowest BCUT2D eigenvalue weighted by molar-refractivity contribution is 0.0411. The van der Waals surface area contributed by atoms with Crippen LogP contribution in [0.15, 0.2) is 0 Å². The maximum atomic E-state index is 3.64. The predicted octanol–water partition coefficient (Wildman–Crippen LogP) is 3.59. The average molecular weight is 197 g/mol. The first-order valence-corrected chi connectivity index (χ1v) is 6.38. The van der Waals surface area contributed by atoms with Gasteiger partial charge in [0.25, 0.3) is 0 Å². The highest BCUT2D eigenvalue weighted by Gasteiger charge is 2.41. The maximum absolute atomic E-state index is 3.64. The van der Waals surface area contributed by atoms with Gasteiger partial charge in [-0.05, 0) is 24.2 Å². The molecule has 1 N–H and O–H groups in total. The summed E-state index contributed by atoms with van der Waals surface area (Å²) in [5.74, 6) is 0.947. The van der Waals surface area contributed by atoms with Crippen molar-refractivity contribution in [3.05, 3.63) is 0 Å². The monoisotopic (exact) mass is 197 g/mol. The zero-order valence-corrected chi connectivity index (χ0v) is 10.4. The van der Waals surface area contributed by atoms with E-state index in [2.05, 4.69) is 33.0 Å². The van der Waals surface area contributed by atoms with Crippen LogP contribution in [0.25, 0.3) is 0 Å². The fraction of sp³-hybridized carbons (Fsp3) is 1.00. The van der Waals surface area contributed by atoms with E-state index in [0.29, 0.717) is 11.5 Å². The van der Waals surface area contributed by atoms with Crippen LogP contribution in [0.2, 0.25) is 0 Å². The van der Waals surface area contributed by atoms with Gasteiger partial charge in [0.05, 0.1) is 0 Å². The van der Waals surface area contributed by atoms with Crippen molar-refractivity contribution in [3.8, 4) is 0 Å². The van der Waals surface area contributed by atoms with Gasteiger partial charge in [-0.15, -0.1) is 0 Å². The standard InChI is InChI=1S/C13H27N/c1-5-12(6-2)13(8-7-9-13)10-14-11(3)4/h11-12,14H,5-10H2,1-4H3. The lowest BCUT2D eigenvalue weighted by Gasteiger charge is -2.48. The molecule has 84 valence electrons. The molecule has 1 fully saturated rings. The molecule has 14 heavy (non-hydrogen) atoms. The van der Waals surface area contributed by atoms with Crippen LogP contribution in [-0.4, -0.2) is 12.6 Å². The topological polar surface area (TPSA) is 12.0 Å². The largest absolute Gasteiger partial charge is 0.314 e. The minimum Gasteiger partial charge on any atom is -0.314 e. The summed E-state index contributed by atoms with van der Waals surface area (Å²) in [6, 6.07) is 0.641. The third-order valence-corrected chi connectivity index (χ3v) is 4.06. The van der Waals surface area contributed by atoms with Gasteiger partial charge < -0.3 is 5.32 Å². The Balaban J connectivity index is 2.47. The van der Waals surface area contributed by atoms with Crippen molar-refractivity contribution in [2.24, 2.45) is 11.3 Å². The Labute approximate surface area is 89.7 Å². The number of rotatable bonds is 6. The molecule has 0 heterocycles. The van der Waals surface area contributed by atoms with Crippen molar-refractivity contribution >= 4 is 0 Å². The summed E-state index contributed by atoms with van der Waals surface area (Å²) in [5.41, 5.74) is 0.660. The van der Waals surface area contributed by atoms with Crippen LogP contribution >= 0.6 is 0 Å². The molecule has 0 radical (unpaired) electrons. The van der Waals surface area contributed by atoms with E-state index in [1.54, 1.807) is 0 Å². The van der Waals surface area contributed by atoms with Crippen LogP contribution in [0, 0.1) is 11.3 Å². The van der Waals surface area contributed by atoms with E-state index in [1.807, 2.05) is 0 Å². The van der Waals surface area contributed by atoms with Gasteiger partial charge in [0.15, 0.2) is 0 Å². The molecule has 1 aliphatic carbocycles. The molecule has 1 aliphatic rings. The summed E-state index contributed by atoms with van der Waals surface area (Å²) in [6.45, 7) is 10.4. The Morgan fingerprint density at radius 2 is 1.71 bits per heavy atom. The SMILES string of the molecule is CCC(CC)C1(CNC(C)C)CCC1. The van der Waals surface area contributed by atoms with Crippen molar-refractivity contribution in [1.82, 2.24) is 5.32 Å². The highest BCUT2D eigenvalue weighted by Crippen LogP contribution is 2.49. The van der Waals surface area contributed by atoms with E-state index in [-0.39, 0.29) is 0 Å². The van der Waals surface area contributed by atoms with E-state index >= 15 is 0 Å². The van der Waals surface area contributed by atoms with E-state index in [9.17, 15) is 0 Å². The molecule has 0 amide bonds. The van der Waals surface area contributed by atoms with Crippen molar-refractivity contribution in [3.63, 3.8) is 0 Å². The van der Waals surface area contributed by atoms with Crippen molar-refractivity contribution in [1.29, 1.82) is 0 Å². The second-order valence-corrected chi connectivity index (χ2v) is 5.26. The lowest BCUT2D eigenvalue weighted by atomic mass is 9.59. The molecule has 1 heteroatoms. The summed E-state index contributed by atoms with van der Waals surface area (Å²) in [6.07, 6.45) is 7.08. The molecule has 0 aliphatic heterocycles. The predicted molar refractivity (Wildman–Crippen MR) is 63.5 cm³/mol. The van der Waals surface area contributed by atoms with Crippen LogP contribution in [0.1, 0.15) is 59.8 Å². The zero-order valence-electron chi connectivity index (χ0n) is 10.4. The minimum absolute atomic E-state index is 0.641. The maximum Gasteiger partial charge on any atom is 0.00128 e. The average Bonchev–Trinajstić information content (AvgIpc) is 2.09. The molecule has 0 atom stereocenters. The molecular weight excluding hydrogens is 170 g/mol. The number of hydrogen-bond acceptors (Lipinski definition) is 1. The molecule has 0 unspecified atom stereocenters. The normalized spacial score (nSPS) is 20.1. The molecule has 1 saturated carbocycles. The summed E-state index contributed by atoms with van der Waals surface area (Å²) in [5, 5.41) is 3.64. The van der Waals surface area contributed by atoms with E-state index < -0.39 is 0 Å². The molecular formula is C13H27N. The first-order valence-electron chi connectivity index (χ1n) is 6.38. The summed E-state index contributed by atoms with van der Waals surface area (Å²) < 4.78 is 0. The highest BCUT2D eigenvalue weighted by molar-refractivity contribution is 4.94. The van der Waals surface area contributed by atoms with Crippen LogP contribution in [0.5, 0.6) is 0 Å². The van der Waals surface area contributed by atoms with Gasteiger partial charge in [-0.2, -0.15) is 0 Å². The Kier molecular flexibility index (Phi) is 4.43. The van der Waals surface area contributed by atoms with Crippen molar-refractivity contribution in [2.75, 3.05) is 6.54 Å². The van der Waals surface area contributed by atoms with Crippen molar-refractivity contribution < 1.29 is 0 Å². The van der Waals surface area contributed by atoms with E-state index in [0.717, 1.165) is 5.92 Å². The molecule has 0 spiro atoms. The van der Waals surface area contributed by atoms with Gasteiger partial charge in [0.1, 0.15) is 0 Å². The summed E-state index contributed by atoms with van der Waals surface area (Å²) in [7, 11) is 0. The second-order valence-electron chi connectivity index (χ2n) is 5.26. The fourth-order valence-corrected chi connectivity index (χ4v) is 2.92. The summed E-state index contributed by atoms with van der Waals surface area (Å²) in [4.78, 5) is 0. The first-order chi connectivity index (χ1) is 6.64.